The van der Waals surface area contributed by atoms with Gasteiger partial charge in [-0.15, -0.1) is 0 Å². The predicted octanol–water partition coefficient (Wildman–Crippen LogP) is 2.56. The molecule has 0 aliphatic carbocycles. The van der Waals surface area contributed by atoms with Crippen molar-refractivity contribution in [2.45, 2.75) is 24.8 Å². The van der Waals surface area contributed by atoms with Gasteiger partial charge in [0, 0.05) is 30.6 Å². The molecule has 1 aliphatic rings. The number of amides is 1. The van der Waals surface area contributed by atoms with Crippen LogP contribution in [-0.2, 0) is 16.8 Å². The largest absolute Gasteiger partial charge is 0.330 e. The van der Waals surface area contributed by atoms with E-state index in [1.165, 1.54) is 0 Å². The summed E-state index contributed by atoms with van der Waals surface area (Å²) in [7, 11) is 0. The molecule has 3 N–H and O–H groups in total. The molecule has 3 rings (SSSR count). The maximum atomic E-state index is 12.7. The Labute approximate surface area is 159 Å². The standard InChI is InChI=1S/C21H24N4O2/c22-11-3-4-15-27-25-20(26)18-6-1-2-7-19(18)21(10-5-12-24-21)16-17-8-13-23-14-9-17/h1-2,5-10,12-14H,3-4,11,15-16,22H2,(H,25,26). The Kier molecular flexibility index (Phi) is 6.46. The highest BCUT2D eigenvalue weighted by atomic mass is 16.6. The number of carbonyl (C=O) groups is 1. The molecule has 6 heteroatoms. The zero-order chi connectivity index (χ0) is 19.0. The van der Waals surface area contributed by atoms with Gasteiger partial charge in [0.05, 0.1) is 6.61 Å². The van der Waals surface area contributed by atoms with E-state index in [4.69, 9.17) is 15.6 Å². The number of unbranched alkanes of at least 4 members (excludes halogenated alkanes) is 1. The Morgan fingerprint density at radius 1 is 1.15 bits per heavy atom. The van der Waals surface area contributed by atoms with Crippen molar-refractivity contribution in [3.63, 3.8) is 0 Å². The van der Waals surface area contributed by atoms with Gasteiger partial charge in [-0.3, -0.25) is 19.6 Å². The van der Waals surface area contributed by atoms with E-state index in [2.05, 4.69) is 10.5 Å². The molecule has 1 amide bonds. The van der Waals surface area contributed by atoms with E-state index in [0.29, 0.717) is 25.1 Å². The van der Waals surface area contributed by atoms with Gasteiger partial charge in [-0.2, -0.15) is 0 Å². The second-order valence-corrected chi connectivity index (χ2v) is 6.41. The third-order valence-corrected chi connectivity index (χ3v) is 4.49. The number of nitrogens with one attached hydrogen (secondary N) is 1. The molecule has 0 fully saturated rings. The molecular formula is C21H24N4O2. The third-order valence-electron chi connectivity index (χ3n) is 4.49. The second kappa shape index (κ2) is 9.21. The average Bonchev–Trinajstić information content (AvgIpc) is 3.18. The van der Waals surface area contributed by atoms with Crippen LogP contribution >= 0.6 is 0 Å². The van der Waals surface area contributed by atoms with Crippen LogP contribution in [0.2, 0.25) is 0 Å². The Morgan fingerprint density at radius 3 is 2.70 bits per heavy atom. The van der Waals surface area contributed by atoms with Crippen LogP contribution in [0, 0.1) is 0 Å². The van der Waals surface area contributed by atoms with Gasteiger partial charge in [-0.05, 0) is 54.8 Å². The molecule has 0 radical (unpaired) electrons. The van der Waals surface area contributed by atoms with Crippen LogP contribution in [0.25, 0.3) is 0 Å². The first kappa shape index (κ1) is 18.9. The van der Waals surface area contributed by atoms with Crippen LogP contribution in [0.4, 0.5) is 0 Å². The molecule has 2 heterocycles. The summed E-state index contributed by atoms with van der Waals surface area (Å²) in [5, 5.41) is 0. The summed E-state index contributed by atoms with van der Waals surface area (Å²) in [6.07, 6.45) is 11.6. The minimum atomic E-state index is -0.616. The van der Waals surface area contributed by atoms with Crippen LogP contribution in [-0.4, -0.2) is 30.3 Å². The highest BCUT2D eigenvalue weighted by Crippen LogP contribution is 2.36. The lowest BCUT2D eigenvalue weighted by atomic mass is 9.82. The zero-order valence-corrected chi connectivity index (χ0v) is 15.2. The smallest absolute Gasteiger partial charge is 0.275 e. The van der Waals surface area contributed by atoms with Crippen LogP contribution in [0.5, 0.6) is 0 Å². The fraction of sp³-hybridized carbons (Fsp3) is 0.286. The molecule has 1 aliphatic heterocycles. The summed E-state index contributed by atoms with van der Waals surface area (Å²) >= 11 is 0. The summed E-state index contributed by atoms with van der Waals surface area (Å²) in [6.45, 7) is 1.05. The number of carbonyl (C=O) groups excluding carboxylic acids is 1. The Bertz CT molecular complexity index is 806. The quantitative estimate of drug-likeness (QED) is 0.529. The third kappa shape index (κ3) is 4.67. The summed E-state index contributed by atoms with van der Waals surface area (Å²) in [5.74, 6) is -0.275. The molecule has 2 aromatic rings. The lowest BCUT2D eigenvalue weighted by molar-refractivity contribution is 0.0299. The number of nitrogens with two attached hydrogens (primary N) is 1. The van der Waals surface area contributed by atoms with E-state index in [0.717, 1.165) is 24.0 Å². The molecular weight excluding hydrogens is 340 g/mol. The normalized spacial score (nSPS) is 18.0. The van der Waals surface area contributed by atoms with E-state index < -0.39 is 5.54 Å². The van der Waals surface area contributed by atoms with E-state index in [-0.39, 0.29) is 5.91 Å². The summed E-state index contributed by atoms with van der Waals surface area (Å²) in [5.41, 5.74) is 9.87. The minimum absolute atomic E-state index is 0.275. The van der Waals surface area contributed by atoms with Crippen LogP contribution < -0.4 is 11.2 Å². The molecule has 0 saturated heterocycles. The number of benzene rings is 1. The molecule has 140 valence electrons. The van der Waals surface area contributed by atoms with E-state index in [9.17, 15) is 4.79 Å². The van der Waals surface area contributed by atoms with Crippen molar-refractivity contribution in [2.75, 3.05) is 13.2 Å². The second-order valence-electron chi connectivity index (χ2n) is 6.41. The maximum absolute atomic E-state index is 12.7. The molecule has 1 aromatic carbocycles. The molecule has 1 unspecified atom stereocenters. The van der Waals surface area contributed by atoms with Gasteiger partial charge in [0.25, 0.3) is 5.91 Å². The van der Waals surface area contributed by atoms with Crippen molar-refractivity contribution >= 4 is 12.1 Å². The topological polar surface area (TPSA) is 89.6 Å². The summed E-state index contributed by atoms with van der Waals surface area (Å²) in [6, 6.07) is 11.4. The number of hydrogen-bond acceptors (Lipinski definition) is 5. The van der Waals surface area contributed by atoms with Crippen molar-refractivity contribution in [1.29, 1.82) is 0 Å². The maximum Gasteiger partial charge on any atom is 0.275 e. The fourth-order valence-electron chi connectivity index (χ4n) is 3.14. The highest BCUT2D eigenvalue weighted by Gasteiger charge is 2.34. The van der Waals surface area contributed by atoms with Gasteiger partial charge in [-0.1, -0.05) is 24.3 Å². The first-order chi connectivity index (χ1) is 13.2. The number of hydrogen-bond donors (Lipinski definition) is 2. The first-order valence-electron chi connectivity index (χ1n) is 9.09. The number of aromatic nitrogens is 1. The molecule has 0 spiro atoms. The monoisotopic (exact) mass is 364 g/mol. The Balaban J connectivity index is 1.81. The Morgan fingerprint density at radius 2 is 1.96 bits per heavy atom. The Hall–Kier alpha value is -2.83. The van der Waals surface area contributed by atoms with Crippen molar-refractivity contribution in [2.24, 2.45) is 10.7 Å². The van der Waals surface area contributed by atoms with E-state index in [1.807, 2.05) is 42.5 Å². The van der Waals surface area contributed by atoms with Crippen molar-refractivity contribution < 1.29 is 9.63 Å². The van der Waals surface area contributed by atoms with Crippen LogP contribution in [0.1, 0.15) is 34.3 Å². The number of rotatable bonds is 9. The van der Waals surface area contributed by atoms with Crippen molar-refractivity contribution in [1.82, 2.24) is 10.5 Å². The molecule has 0 bridgehead atoms. The van der Waals surface area contributed by atoms with Crippen LogP contribution in [0.15, 0.2) is 65.9 Å². The van der Waals surface area contributed by atoms with E-state index >= 15 is 0 Å². The minimum Gasteiger partial charge on any atom is -0.330 e. The van der Waals surface area contributed by atoms with Crippen molar-refractivity contribution in [3.05, 3.63) is 77.6 Å². The molecule has 1 atom stereocenters. The number of hydroxylamine groups is 1. The summed E-state index contributed by atoms with van der Waals surface area (Å²) < 4.78 is 0. The lowest BCUT2D eigenvalue weighted by Crippen LogP contribution is -2.30. The van der Waals surface area contributed by atoms with Crippen molar-refractivity contribution in [3.8, 4) is 0 Å². The number of aliphatic imine (C=N–C) groups is 1. The highest BCUT2D eigenvalue weighted by molar-refractivity contribution is 5.96. The van der Waals surface area contributed by atoms with Gasteiger partial charge in [0.1, 0.15) is 5.54 Å². The number of pyridine rings is 1. The molecule has 6 nitrogen and oxygen atoms in total. The van der Waals surface area contributed by atoms with Gasteiger partial charge in [0.2, 0.25) is 0 Å². The first-order valence-corrected chi connectivity index (χ1v) is 9.09. The van der Waals surface area contributed by atoms with Gasteiger partial charge in [0.15, 0.2) is 0 Å². The SMILES string of the molecule is NCCCCONC(=O)c1ccccc1C1(Cc2ccncc2)C=CC=N1. The molecule has 1 aromatic heterocycles. The van der Waals surface area contributed by atoms with E-state index in [1.54, 1.807) is 24.7 Å². The van der Waals surface area contributed by atoms with Gasteiger partial charge in [-0.25, -0.2) is 5.48 Å². The van der Waals surface area contributed by atoms with Crippen LogP contribution in [0.3, 0.4) is 0 Å². The van der Waals surface area contributed by atoms with Gasteiger partial charge < -0.3 is 5.73 Å². The lowest BCUT2D eigenvalue weighted by Gasteiger charge is -2.27. The fourth-order valence-corrected chi connectivity index (χ4v) is 3.14. The number of allylic oxidation sites excluding steroid dienone is 1. The number of nitrogens with zero attached hydrogens (tertiary/aromatic N) is 2. The van der Waals surface area contributed by atoms with Gasteiger partial charge >= 0.3 is 0 Å². The molecule has 0 saturated carbocycles. The molecule has 27 heavy (non-hydrogen) atoms. The summed E-state index contributed by atoms with van der Waals surface area (Å²) in [4.78, 5) is 26.8. The average molecular weight is 364 g/mol. The zero-order valence-electron chi connectivity index (χ0n) is 15.2. The predicted molar refractivity (Wildman–Crippen MR) is 105 cm³/mol.